The van der Waals surface area contributed by atoms with Crippen molar-refractivity contribution in [3.05, 3.63) is 40.3 Å². The molecular weight excluding hydrogens is 292 g/mol. The summed E-state index contributed by atoms with van der Waals surface area (Å²) in [4.78, 5) is 11.4. The van der Waals surface area contributed by atoms with E-state index in [0.29, 0.717) is 12.8 Å². The molecule has 0 fully saturated rings. The van der Waals surface area contributed by atoms with E-state index in [1.54, 1.807) is 6.08 Å². The molecule has 6 nitrogen and oxygen atoms in total. The minimum absolute atomic E-state index is 0.269. The van der Waals surface area contributed by atoms with Gasteiger partial charge in [-0.05, 0) is 30.0 Å². The topological polar surface area (TPSA) is 95.5 Å². The summed E-state index contributed by atoms with van der Waals surface area (Å²) in [6.45, 7) is -0.346. The number of likely N-dealkylation sites (N-methyl/N-ethyl adjacent to an activating group) is 1. The molecule has 114 valence electrons. The SMILES string of the molecule is CNC(=O)[C@H](O)CNS(=O)(=O)C1=Cc2ccccc2CC1. The molecule has 0 spiro atoms. The first-order chi connectivity index (χ1) is 9.94. The quantitative estimate of drug-likeness (QED) is 0.713. The number of carbonyl (C=O) groups is 1. The molecule has 1 amide bonds. The van der Waals surface area contributed by atoms with Crippen LogP contribution in [0.2, 0.25) is 0 Å². The highest BCUT2D eigenvalue weighted by atomic mass is 32.2. The lowest BCUT2D eigenvalue weighted by molar-refractivity contribution is -0.128. The van der Waals surface area contributed by atoms with Gasteiger partial charge in [-0.15, -0.1) is 0 Å². The van der Waals surface area contributed by atoms with Gasteiger partial charge in [0, 0.05) is 13.6 Å². The average Bonchev–Trinajstić information content (AvgIpc) is 2.51. The van der Waals surface area contributed by atoms with Crippen LogP contribution in [0.4, 0.5) is 0 Å². The maximum absolute atomic E-state index is 12.2. The molecule has 0 aromatic heterocycles. The highest BCUT2D eigenvalue weighted by Gasteiger charge is 2.23. The number of rotatable bonds is 5. The Morgan fingerprint density at radius 2 is 2.05 bits per heavy atom. The van der Waals surface area contributed by atoms with Crippen LogP contribution in [-0.4, -0.2) is 39.1 Å². The fraction of sp³-hybridized carbons (Fsp3) is 0.357. The largest absolute Gasteiger partial charge is 0.382 e. The molecule has 3 N–H and O–H groups in total. The smallest absolute Gasteiger partial charge is 0.249 e. The molecule has 1 aliphatic rings. The molecule has 2 rings (SSSR count). The van der Waals surface area contributed by atoms with E-state index in [9.17, 15) is 18.3 Å². The minimum Gasteiger partial charge on any atom is -0.382 e. The molecule has 0 bridgehead atoms. The van der Waals surface area contributed by atoms with E-state index in [2.05, 4.69) is 10.0 Å². The zero-order valence-corrected chi connectivity index (χ0v) is 12.5. The van der Waals surface area contributed by atoms with E-state index in [-0.39, 0.29) is 11.4 Å². The second kappa shape index (κ2) is 6.38. The zero-order valence-electron chi connectivity index (χ0n) is 11.7. The number of sulfonamides is 1. The molecule has 1 atom stereocenters. The van der Waals surface area contributed by atoms with E-state index < -0.39 is 22.0 Å². The lowest BCUT2D eigenvalue weighted by Gasteiger charge is -2.17. The van der Waals surface area contributed by atoms with Crippen molar-refractivity contribution in [1.82, 2.24) is 10.0 Å². The van der Waals surface area contributed by atoms with Crippen LogP contribution in [0.5, 0.6) is 0 Å². The van der Waals surface area contributed by atoms with Crippen LogP contribution in [0, 0.1) is 0 Å². The number of amides is 1. The summed E-state index contributed by atoms with van der Waals surface area (Å²) in [5, 5.41) is 11.7. The van der Waals surface area contributed by atoms with Gasteiger partial charge in [-0.25, -0.2) is 13.1 Å². The first kappa shape index (κ1) is 15.7. The van der Waals surface area contributed by atoms with Crippen molar-refractivity contribution in [1.29, 1.82) is 0 Å². The summed E-state index contributed by atoms with van der Waals surface area (Å²) in [7, 11) is -2.32. The van der Waals surface area contributed by atoms with Crippen molar-refractivity contribution in [3.63, 3.8) is 0 Å². The Hall–Kier alpha value is -1.70. The van der Waals surface area contributed by atoms with Crippen molar-refractivity contribution in [2.45, 2.75) is 18.9 Å². The molecule has 21 heavy (non-hydrogen) atoms. The van der Waals surface area contributed by atoms with Crippen molar-refractivity contribution < 1.29 is 18.3 Å². The van der Waals surface area contributed by atoms with Crippen LogP contribution in [0.15, 0.2) is 29.2 Å². The Morgan fingerprint density at radius 1 is 1.33 bits per heavy atom. The molecule has 0 saturated heterocycles. The summed E-state index contributed by atoms with van der Waals surface area (Å²) in [6, 6.07) is 7.61. The lowest BCUT2D eigenvalue weighted by atomic mass is 9.98. The van der Waals surface area contributed by atoms with Gasteiger partial charge in [0.1, 0.15) is 6.10 Å². The minimum atomic E-state index is -3.69. The van der Waals surface area contributed by atoms with Gasteiger partial charge >= 0.3 is 0 Å². The highest BCUT2D eigenvalue weighted by molar-refractivity contribution is 7.93. The maximum Gasteiger partial charge on any atom is 0.249 e. The second-order valence-corrected chi connectivity index (χ2v) is 6.61. The molecule has 0 unspecified atom stereocenters. The fourth-order valence-corrected chi connectivity index (χ4v) is 3.37. The number of nitrogens with one attached hydrogen (secondary N) is 2. The van der Waals surface area contributed by atoms with Crippen LogP contribution in [0.1, 0.15) is 17.5 Å². The summed E-state index contributed by atoms with van der Waals surface area (Å²) >= 11 is 0. The van der Waals surface area contributed by atoms with Crippen molar-refractivity contribution in [2.24, 2.45) is 0 Å². The Morgan fingerprint density at radius 3 is 2.76 bits per heavy atom. The Labute approximate surface area is 123 Å². The lowest BCUT2D eigenvalue weighted by Crippen LogP contribution is -2.41. The number of hydrogen-bond acceptors (Lipinski definition) is 4. The molecule has 0 aliphatic heterocycles. The van der Waals surface area contributed by atoms with Gasteiger partial charge in [0.05, 0.1) is 4.91 Å². The first-order valence-corrected chi connectivity index (χ1v) is 8.10. The van der Waals surface area contributed by atoms with Crippen molar-refractivity contribution >= 4 is 22.0 Å². The molecule has 0 saturated carbocycles. The van der Waals surface area contributed by atoms with E-state index >= 15 is 0 Å². The number of carbonyl (C=O) groups excluding carboxylic acids is 1. The van der Waals surface area contributed by atoms with Gasteiger partial charge in [-0.3, -0.25) is 4.79 Å². The number of hydrogen-bond donors (Lipinski definition) is 3. The van der Waals surface area contributed by atoms with Crippen LogP contribution in [-0.2, 0) is 21.2 Å². The third-order valence-corrected chi connectivity index (χ3v) is 4.93. The van der Waals surface area contributed by atoms with E-state index in [0.717, 1.165) is 11.1 Å². The Balaban J connectivity index is 2.11. The molecule has 1 aromatic rings. The van der Waals surface area contributed by atoms with E-state index in [1.807, 2.05) is 24.3 Å². The number of allylic oxidation sites excluding steroid dienone is 1. The Kier molecular flexibility index (Phi) is 4.76. The van der Waals surface area contributed by atoms with Gasteiger partial charge in [0.2, 0.25) is 15.9 Å². The number of benzene rings is 1. The zero-order chi connectivity index (χ0) is 15.5. The average molecular weight is 310 g/mol. The van der Waals surface area contributed by atoms with Gasteiger partial charge in [0.15, 0.2) is 0 Å². The normalized spacial score (nSPS) is 15.8. The summed E-state index contributed by atoms with van der Waals surface area (Å²) < 4.78 is 26.6. The molecule has 0 heterocycles. The third kappa shape index (κ3) is 3.69. The number of fused-ring (bicyclic) bond motifs is 1. The summed E-state index contributed by atoms with van der Waals surface area (Å²) in [5.41, 5.74) is 2.00. The van der Waals surface area contributed by atoms with E-state index in [4.69, 9.17) is 0 Å². The van der Waals surface area contributed by atoms with E-state index in [1.165, 1.54) is 7.05 Å². The maximum atomic E-state index is 12.2. The third-order valence-electron chi connectivity index (χ3n) is 3.37. The van der Waals surface area contributed by atoms with Gasteiger partial charge in [0.25, 0.3) is 0 Å². The van der Waals surface area contributed by atoms with Gasteiger partial charge in [-0.1, -0.05) is 24.3 Å². The summed E-state index contributed by atoms with van der Waals surface area (Å²) in [6.07, 6.45) is 1.29. The molecular formula is C14H18N2O4S. The fourth-order valence-electron chi connectivity index (χ4n) is 2.16. The standard InChI is InChI=1S/C14H18N2O4S/c1-15-14(18)13(17)9-16-21(19,20)12-7-6-10-4-2-3-5-11(10)8-12/h2-5,8,13,16-17H,6-7,9H2,1H3,(H,15,18)/t13-/m1/s1. The summed E-state index contributed by atoms with van der Waals surface area (Å²) in [5.74, 6) is -0.624. The Bertz CT molecular complexity index is 667. The first-order valence-electron chi connectivity index (χ1n) is 6.62. The second-order valence-electron chi connectivity index (χ2n) is 4.79. The highest BCUT2D eigenvalue weighted by Crippen LogP contribution is 2.26. The van der Waals surface area contributed by atoms with Crippen molar-refractivity contribution in [2.75, 3.05) is 13.6 Å². The van der Waals surface area contributed by atoms with Gasteiger partial charge in [-0.2, -0.15) is 0 Å². The van der Waals surface area contributed by atoms with Crippen LogP contribution >= 0.6 is 0 Å². The molecule has 0 radical (unpaired) electrons. The van der Waals surface area contributed by atoms with Crippen LogP contribution < -0.4 is 10.0 Å². The number of aliphatic hydroxyl groups is 1. The number of aryl methyl sites for hydroxylation is 1. The van der Waals surface area contributed by atoms with Crippen LogP contribution in [0.25, 0.3) is 6.08 Å². The van der Waals surface area contributed by atoms with Crippen molar-refractivity contribution in [3.8, 4) is 0 Å². The predicted octanol–water partition coefficient (Wildman–Crippen LogP) is 0.000000000000000222. The number of aliphatic hydroxyl groups excluding tert-OH is 1. The van der Waals surface area contributed by atoms with Crippen LogP contribution in [0.3, 0.4) is 0 Å². The monoisotopic (exact) mass is 310 g/mol. The predicted molar refractivity (Wildman–Crippen MR) is 79.7 cm³/mol. The molecule has 1 aliphatic carbocycles. The molecule has 1 aromatic carbocycles. The molecule has 7 heteroatoms. The van der Waals surface area contributed by atoms with Gasteiger partial charge < -0.3 is 10.4 Å².